The summed E-state index contributed by atoms with van der Waals surface area (Å²) in [5, 5.41) is 1.72. The Hall–Kier alpha value is -1.82. The average molecular weight is 300 g/mol. The van der Waals surface area contributed by atoms with Crippen LogP contribution in [-0.2, 0) is 10.9 Å². The number of rotatable bonds is 2. The third-order valence-corrected chi connectivity index (χ3v) is 3.90. The molecule has 1 heterocycles. The van der Waals surface area contributed by atoms with Crippen LogP contribution in [-0.4, -0.2) is 13.1 Å². The molecule has 0 unspecified atom stereocenters. The zero-order chi connectivity index (χ0) is 14.9. The van der Waals surface area contributed by atoms with E-state index in [4.69, 9.17) is 0 Å². The van der Waals surface area contributed by atoms with Gasteiger partial charge in [-0.25, -0.2) is 4.79 Å². The van der Waals surface area contributed by atoms with Crippen molar-refractivity contribution in [3.8, 4) is 11.1 Å². The molecule has 2 aromatic rings. The van der Waals surface area contributed by atoms with E-state index in [1.165, 1.54) is 13.2 Å². The van der Waals surface area contributed by atoms with Gasteiger partial charge in [0, 0.05) is 5.56 Å². The molecule has 0 bridgehead atoms. The normalized spacial score (nSPS) is 11.4. The predicted octanol–water partition coefficient (Wildman–Crippen LogP) is 4.53. The van der Waals surface area contributed by atoms with Crippen molar-refractivity contribution in [2.24, 2.45) is 0 Å². The van der Waals surface area contributed by atoms with Gasteiger partial charge >= 0.3 is 12.1 Å². The van der Waals surface area contributed by atoms with Crippen LogP contribution in [0.25, 0.3) is 11.1 Å². The van der Waals surface area contributed by atoms with Gasteiger partial charge in [-0.1, -0.05) is 12.1 Å². The van der Waals surface area contributed by atoms with Crippen LogP contribution in [0.3, 0.4) is 0 Å². The summed E-state index contributed by atoms with van der Waals surface area (Å²) in [6.45, 7) is 1.75. The lowest BCUT2D eigenvalue weighted by Gasteiger charge is -2.10. The Bertz CT molecular complexity index is 644. The van der Waals surface area contributed by atoms with E-state index < -0.39 is 17.7 Å². The molecular formula is C14H11F3O2S. The Labute approximate surface area is 117 Å². The molecule has 0 saturated carbocycles. The number of halogens is 3. The minimum atomic E-state index is -4.41. The first kappa shape index (κ1) is 14.6. The lowest BCUT2D eigenvalue weighted by Crippen LogP contribution is -2.05. The first-order chi connectivity index (χ1) is 9.34. The van der Waals surface area contributed by atoms with Crippen LogP contribution in [0.1, 0.15) is 20.8 Å². The zero-order valence-electron chi connectivity index (χ0n) is 10.7. The number of hydrogen-bond donors (Lipinski definition) is 0. The average Bonchev–Trinajstić information content (AvgIpc) is 2.79. The summed E-state index contributed by atoms with van der Waals surface area (Å²) in [5.74, 6) is -0.546. The predicted molar refractivity (Wildman–Crippen MR) is 70.8 cm³/mol. The van der Waals surface area contributed by atoms with Gasteiger partial charge in [0.05, 0.1) is 12.7 Å². The molecule has 0 fully saturated rings. The molecule has 0 spiro atoms. The fourth-order valence-corrected chi connectivity index (χ4v) is 2.89. The Morgan fingerprint density at radius 1 is 1.30 bits per heavy atom. The Balaban J connectivity index is 2.58. The third-order valence-electron chi connectivity index (χ3n) is 2.82. The number of methoxy groups -OCH3 is 1. The van der Waals surface area contributed by atoms with Crippen molar-refractivity contribution in [3.05, 3.63) is 45.6 Å². The Morgan fingerprint density at radius 2 is 2.00 bits per heavy atom. The van der Waals surface area contributed by atoms with Crippen LogP contribution in [0.15, 0.2) is 29.6 Å². The number of esters is 1. The highest BCUT2D eigenvalue weighted by Crippen LogP contribution is 2.36. The molecule has 2 nitrogen and oxygen atoms in total. The molecule has 0 aliphatic heterocycles. The number of carbonyl (C=O) groups is 1. The summed E-state index contributed by atoms with van der Waals surface area (Å²) >= 11 is 1.16. The maximum absolute atomic E-state index is 12.7. The van der Waals surface area contributed by atoms with E-state index in [-0.39, 0.29) is 0 Å². The molecule has 0 atom stereocenters. The summed E-state index contributed by atoms with van der Waals surface area (Å²) < 4.78 is 42.9. The van der Waals surface area contributed by atoms with E-state index in [1.54, 1.807) is 18.4 Å². The maximum Gasteiger partial charge on any atom is 0.416 e. The van der Waals surface area contributed by atoms with E-state index in [0.717, 1.165) is 29.0 Å². The fourth-order valence-electron chi connectivity index (χ4n) is 1.90. The second-order valence-corrected chi connectivity index (χ2v) is 5.07. The van der Waals surface area contributed by atoms with Gasteiger partial charge in [0.25, 0.3) is 0 Å². The first-order valence-corrected chi connectivity index (χ1v) is 6.56. The molecule has 0 aliphatic carbocycles. The lowest BCUT2D eigenvalue weighted by atomic mass is 10.00. The minimum absolute atomic E-state index is 0.310. The molecule has 1 aromatic carbocycles. The van der Waals surface area contributed by atoms with Crippen molar-refractivity contribution < 1.29 is 22.7 Å². The van der Waals surface area contributed by atoms with Crippen LogP contribution >= 0.6 is 11.3 Å². The van der Waals surface area contributed by atoms with Gasteiger partial charge in [-0.15, -0.1) is 11.3 Å². The number of alkyl halides is 3. The highest BCUT2D eigenvalue weighted by atomic mass is 32.1. The van der Waals surface area contributed by atoms with Crippen LogP contribution in [0, 0.1) is 6.92 Å². The van der Waals surface area contributed by atoms with Gasteiger partial charge in [0.2, 0.25) is 0 Å². The second-order valence-electron chi connectivity index (χ2n) is 4.19. The molecule has 20 heavy (non-hydrogen) atoms. The molecule has 0 amide bonds. The van der Waals surface area contributed by atoms with Crippen molar-refractivity contribution >= 4 is 17.3 Å². The van der Waals surface area contributed by atoms with Crippen molar-refractivity contribution in [2.75, 3.05) is 7.11 Å². The number of benzene rings is 1. The van der Waals surface area contributed by atoms with E-state index in [0.29, 0.717) is 16.0 Å². The van der Waals surface area contributed by atoms with Gasteiger partial charge in [0.15, 0.2) is 0 Å². The molecule has 0 radical (unpaired) electrons. The lowest BCUT2D eigenvalue weighted by molar-refractivity contribution is -0.137. The topological polar surface area (TPSA) is 26.3 Å². The largest absolute Gasteiger partial charge is 0.465 e. The summed E-state index contributed by atoms with van der Waals surface area (Å²) in [5.41, 5.74) is 0.859. The molecule has 1 aromatic heterocycles. The summed E-state index contributed by atoms with van der Waals surface area (Å²) in [6, 6.07) is 4.93. The molecule has 0 N–H and O–H groups in total. The van der Waals surface area contributed by atoms with Crippen LogP contribution in [0.4, 0.5) is 13.2 Å². The summed E-state index contributed by atoms with van der Waals surface area (Å²) in [4.78, 5) is 12.0. The minimum Gasteiger partial charge on any atom is -0.465 e. The number of hydrogen-bond acceptors (Lipinski definition) is 3. The smallest absolute Gasteiger partial charge is 0.416 e. The van der Waals surface area contributed by atoms with Gasteiger partial charge in [-0.3, -0.25) is 0 Å². The van der Waals surface area contributed by atoms with Crippen molar-refractivity contribution in [1.29, 1.82) is 0 Å². The van der Waals surface area contributed by atoms with Gasteiger partial charge in [0.1, 0.15) is 4.88 Å². The van der Waals surface area contributed by atoms with Crippen molar-refractivity contribution in [3.63, 3.8) is 0 Å². The van der Waals surface area contributed by atoms with Crippen molar-refractivity contribution in [2.45, 2.75) is 13.1 Å². The molecule has 6 heteroatoms. The number of aryl methyl sites for hydroxylation is 1. The quantitative estimate of drug-likeness (QED) is 0.762. The van der Waals surface area contributed by atoms with E-state index >= 15 is 0 Å². The standard InChI is InChI=1S/C14H11F3O2S/c1-8-7-20-12(13(18)19-2)11(8)9-4-3-5-10(6-9)14(15,16)17/h3-7H,1-2H3. The van der Waals surface area contributed by atoms with E-state index in [1.807, 2.05) is 0 Å². The Kier molecular flexibility index (Phi) is 3.85. The van der Waals surface area contributed by atoms with Crippen LogP contribution < -0.4 is 0 Å². The summed E-state index contributed by atoms with van der Waals surface area (Å²) in [7, 11) is 1.24. The molecule has 0 aliphatic rings. The number of ether oxygens (including phenoxy) is 1. The number of thiophene rings is 1. The van der Waals surface area contributed by atoms with Gasteiger partial charge in [-0.2, -0.15) is 13.2 Å². The van der Waals surface area contributed by atoms with Crippen LogP contribution in [0.5, 0.6) is 0 Å². The highest BCUT2D eigenvalue weighted by molar-refractivity contribution is 7.12. The van der Waals surface area contributed by atoms with Gasteiger partial charge < -0.3 is 4.74 Å². The second kappa shape index (κ2) is 5.28. The summed E-state index contributed by atoms with van der Waals surface area (Å²) in [6.07, 6.45) is -4.41. The highest BCUT2D eigenvalue weighted by Gasteiger charge is 2.31. The number of carbonyl (C=O) groups excluding carboxylic acids is 1. The fraction of sp³-hybridized carbons (Fsp3) is 0.214. The van der Waals surface area contributed by atoms with E-state index in [2.05, 4.69) is 4.74 Å². The molecule has 2 rings (SSSR count). The first-order valence-electron chi connectivity index (χ1n) is 5.68. The third kappa shape index (κ3) is 2.70. The van der Waals surface area contributed by atoms with E-state index in [9.17, 15) is 18.0 Å². The zero-order valence-corrected chi connectivity index (χ0v) is 11.6. The Morgan fingerprint density at radius 3 is 2.60 bits per heavy atom. The molecule has 106 valence electrons. The molecule has 0 saturated heterocycles. The molecular weight excluding hydrogens is 289 g/mol. The maximum atomic E-state index is 12.7. The van der Waals surface area contributed by atoms with Crippen molar-refractivity contribution in [1.82, 2.24) is 0 Å². The van der Waals surface area contributed by atoms with Crippen LogP contribution in [0.2, 0.25) is 0 Å². The van der Waals surface area contributed by atoms with Gasteiger partial charge in [-0.05, 0) is 35.6 Å². The SMILES string of the molecule is COC(=O)c1scc(C)c1-c1cccc(C(F)(F)F)c1. The monoisotopic (exact) mass is 300 g/mol.